The number of aromatic nitrogens is 2. The van der Waals surface area contributed by atoms with Gasteiger partial charge in [0.15, 0.2) is 0 Å². The van der Waals surface area contributed by atoms with Crippen LogP contribution in [0.4, 0.5) is 5.82 Å². The molecule has 1 fully saturated rings. The van der Waals surface area contributed by atoms with Gasteiger partial charge < -0.3 is 10.0 Å². The fraction of sp³-hybridized carbons (Fsp3) is 0.375. The zero-order valence-electron chi connectivity index (χ0n) is 11.9. The summed E-state index contributed by atoms with van der Waals surface area (Å²) in [7, 11) is 0. The molecule has 1 saturated heterocycles. The molecule has 1 aliphatic heterocycles. The molecule has 1 unspecified atom stereocenters. The largest absolute Gasteiger partial charge is 0.396 e. The first kappa shape index (κ1) is 14.4. The SMILES string of the molecule is OCC1CCN(c2cncc(SCc3ccccc3)n2)C1. The first-order valence-electron chi connectivity index (χ1n) is 7.20. The van der Waals surface area contributed by atoms with Gasteiger partial charge in [-0.15, -0.1) is 11.8 Å². The number of thioether (sulfide) groups is 1. The van der Waals surface area contributed by atoms with Crippen LogP contribution in [0.25, 0.3) is 0 Å². The third kappa shape index (κ3) is 3.74. The van der Waals surface area contributed by atoms with Gasteiger partial charge >= 0.3 is 0 Å². The quantitative estimate of drug-likeness (QED) is 0.860. The first-order chi connectivity index (χ1) is 10.3. The Balaban J connectivity index is 1.63. The zero-order valence-corrected chi connectivity index (χ0v) is 12.7. The van der Waals surface area contributed by atoms with Crippen LogP contribution in [0.15, 0.2) is 47.8 Å². The summed E-state index contributed by atoms with van der Waals surface area (Å²) in [5, 5.41) is 10.2. The maximum absolute atomic E-state index is 9.23. The summed E-state index contributed by atoms with van der Waals surface area (Å²) in [5.41, 5.74) is 1.29. The van der Waals surface area contributed by atoms with Gasteiger partial charge in [-0.05, 0) is 12.0 Å². The van der Waals surface area contributed by atoms with E-state index in [0.29, 0.717) is 5.92 Å². The summed E-state index contributed by atoms with van der Waals surface area (Å²) in [6.07, 6.45) is 4.66. The standard InChI is InChI=1S/C16H19N3OS/c20-11-14-6-7-19(10-14)15-8-17-9-16(18-15)21-12-13-4-2-1-3-5-13/h1-5,8-9,14,20H,6-7,10-12H2. The molecule has 1 aromatic heterocycles. The van der Waals surface area contributed by atoms with Crippen molar-refractivity contribution in [2.45, 2.75) is 17.2 Å². The van der Waals surface area contributed by atoms with Crippen molar-refractivity contribution >= 4 is 17.6 Å². The van der Waals surface area contributed by atoms with E-state index in [1.807, 2.05) is 18.5 Å². The van der Waals surface area contributed by atoms with Crippen molar-refractivity contribution in [1.82, 2.24) is 9.97 Å². The van der Waals surface area contributed by atoms with Gasteiger partial charge in [-0.3, -0.25) is 4.98 Å². The molecular formula is C16H19N3OS. The van der Waals surface area contributed by atoms with E-state index < -0.39 is 0 Å². The Morgan fingerprint density at radius 3 is 2.86 bits per heavy atom. The molecule has 0 spiro atoms. The lowest BCUT2D eigenvalue weighted by atomic mass is 10.1. The van der Waals surface area contributed by atoms with E-state index in [1.165, 1.54) is 5.56 Å². The Kier molecular flexibility index (Phi) is 4.72. The van der Waals surface area contributed by atoms with Crippen molar-refractivity contribution in [2.24, 2.45) is 5.92 Å². The third-order valence-corrected chi connectivity index (χ3v) is 4.67. The Bertz CT molecular complexity index is 579. The van der Waals surface area contributed by atoms with E-state index >= 15 is 0 Å². The Labute approximate surface area is 129 Å². The van der Waals surface area contributed by atoms with Crippen LogP contribution in [0.3, 0.4) is 0 Å². The smallest absolute Gasteiger partial charge is 0.148 e. The van der Waals surface area contributed by atoms with Gasteiger partial charge in [0.05, 0.1) is 12.4 Å². The fourth-order valence-corrected chi connectivity index (χ4v) is 3.28. The van der Waals surface area contributed by atoms with E-state index in [4.69, 9.17) is 0 Å². The van der Waals surface area contributed by atoms with Gasteiger partial charge in [-0.1, -0.05) is 30.3 Å². The lowest BCUT2D eigenvalue weighted by molar-refractivity contribution is 0.238. The second kappa shape index (κ2) is 6.91. The van der Waals surface area contributed by atoms with Crippen molar-refractivity contribution in [3.05, 3.63) is 48.3 Å². The summed E-state index contributed by atoms with van der Waals surface area (Å²) < 4.78 is 0. The molecule has 5 heteroatoms. The predicted octanol–water partition coefficient (Wildman–Crippen LogP) is 2.59. The molecule has 0 amide bonds. The second-order valence-electron chi connectivity index (χ2n) is 5.27. The molecule has 110 valence electrons. The van der Waals surface area contributed by atoms with Crippen LogP contribution in [0.5, 0.6) is 0 Å². The Morgan fingerprint density at radius 1 is 1.24 bits per heavy atom. The minimum atomic E-state index is 0.256. The number of benzene rings is 1. The summed E-state index contributed by atoms with van der Waals surface area (Å²) >= 11 is 1.70. The van der Waals surface area contributed by atoms with Gasteiger partial charge in [-0.2, -0.15) is 0 Å². The number of hydrogen-bond acceptors (Lipinski definition) is 5. The maximum atomic E-state index is 9.23. The molecule has 0 aliphatic carbocycles. The molecule has 3 rings (SSSR count). The van der Waals surface area contributed by atoms with Gasteiger partial charge in [0, 0.05) is 31.4 Å². The molecule has 4 nitrogen and oxygen atoms in total. The van der Waals surface area contributed by atoms with Crippen LogP contribution in [-0.2, 0) is 5.75 Å². The fourth-order valence-electron chi connectivity index (χ4n) is 2.48. The summed E-state index contributed by atoms with van der Waals surface area (Å²) in [4.78, 5) is 11.2. The van der Waals surface area contributed by atoms with Gasteiger partial charge in [0.2, 0.25) is 0 Å². The molecule has 1 N–H and O–H groups in total. The van der Waals surface area contributed by atoms with Crippen LogP contribution >= 0.6 is 11.8 Å². The second-order valence-corrected chi connectivity index (χ2v) is 6.27. The normalized spacial score (nSPS) is 18.1. The Morgan fingerprint density at radius 2 is 2.10 bits per heavy atom. The van der Waals surface area contributed by atoms with Gasteiger partial charge in [-0.25, -0.2) is 4.98 Å². The molecular weight excluding hydrogens is 282 g/mol. The van der Waals surface area contributed by atoms with E-state index in [2.05, 4.69) is 39.1 Å². The van der Waals surface area contributed by atoms with E-state index in [0.717, 1.165) is 36.1 Å². The molecule has 21 heavy (non-hydrogen) atoms. The van der Waals surface area contributed by atoms with Crippen molar-refractivity contribution in [1.29, 1.82) is 0 Å². The Hall–Kier alpha value is -1.59. The third-order valence-electron chi connectivity index (χ3n) is 3.70. The van der Waals surface area contributed by atoms with Crippen LogP contribution in [0, 0.1) is 5.92 Å². The van der Waals surface area contributed by atoms with Gasteiger partial charge in [0.25, 0.3) is 0 Å². The van der Waals surface area contributed by atoms with Crippen molar-refractivity contribution in [3.8, 4) is 0 Å². The molecule has 2 heterocycles. The van der Waals surface area contributed by atoms with Gasteiger partial charge in [0.1, 0.15) is 10.8 Å². The predicted molar refractivity (Wildman–Crippen MR) is 85.4 cm³/mol. The summed E-state index contributed by atoms with van der Waals surface area (Å²) in [6, 6.07) is 10.4. The maximum Gasteiger partial charge on any atom is 0.148 e. The van der Waals surface area contributed by atoms with Crippen LogP contribution in [-0.4, -0.2) is 34.8 Å². The molecule has 2 aromatic rings. The van der Waals surface area contributed by atoms with Crippen molar-refractivity contribution in [2.75, 3.05) is 24.6 Å². The highest BCUT2D eigenvalue weighted by molar-refractivity contribution is 7.98. The number of aliphatic hydroxyl groups excluding tert-OH is 1. The molecule has 1 aromatic carbocycles. The van der Waals surface area contributed by atoms with Crippen molar-refractivity contribution < 1.29 is 5.11 Å². The highest BCUT2D eigenvalue weighted by Gasteiger charge is 2.23. The minimum Gasteiger partial charge on any atom is -0.396 e. The topological polar surface area (TPSA) is 49.2 Å². The van der Waals surface area contributed by atoms with E-state index in [-0.39, 0.29) is 6.61 Å². The molecule has 1 atom stereocenters. The lowest BCUT2D eigenvalue weighted by Gasteiger charge is -2.17. The highest BCUT2D eigenvalue weighted by Crippen LogP contribution is 2.25. The number of anilines is 1. The molecule has 1 aliphatic rings. The lowest BCUT2D eigenvalue weighted by Crippen LogP contribution is -2.21. The monoisotopic (exact) mass is 301 g/mol. The first-order valence-corrected chi connectivity index (χ1v) is 8.18. The number of nitrogens with zero attached hydrogens (tertiary/aromatic N) is 3. The number of hydrogen-bond donors (Lipinski definition) is 1. The number of rotatable bonds is 5. The highest BCUT2D eigenvalue weighted by atomic mass is 32.2. The van der Waals surface area contributed by atoms with E-state index in [9.17, 15) is 5.11 Å². The van der Waals surface area contributed by atoms with Crippen molar-refractivity contribution in [3.63, 3.8) is 0 Å². The minimum absolute atomic E-state index is 0.256. The van der Waals surface area contributed by atoms with E-state index in [1.54, 1.807) is 11.8 Å². The average molecular weight is 301 g/mol. The zero-order chi connectivity index (χ0) is 14.5. The molecule has 0 radical (unpaired) electrons. The average Bonchev–Trinajstić information content (AvgIpc) is 3.03. The summed E-state index contributed by atoms with van der Waals surface area (Å²) in [6.45, 7) is 2.08. The van der Waals surface area contributed by atoms with Crippen LogP contribution in [0.2, 0.25) is 0 Å². The summed E-state index contributed by atoms with van der Waals surface area (Å²) in [5.74, 6) is 2.19. The van der Waals surface area contributed by atoms with Crippen LogP contribution in [0.1, 0.15) is 12.0 Å². The number of aliphatic hydroxyl groups is 1. The molecule has 0 saturated carbocycles. The molecule has 0 bridgehead atoms. The van der Waals surface area contributed by atoms with Crippen LogP contribution < -0.4 is 4.90 Å².